The van der Waals surface area contributed by atoms with Crippen LogP contribution in [-0.2, 0) is 11.2 Å². The van der Waals surface area contributed by atoms with Gasteiger partial charge >= 0.3 is 5.97 Å². The first-order valence-corrected chi connectivity index (χ1v) is 6.22. The highest BCUT2D eigenvalue weighted by atomic mass is 19.1. The fourth-order valence-corrected chi connectivity index (χ4v) is 2.13. The Hall–Kier alpha value is -2.36. The highest BCUT2D eigenvalue weighted by Crippen LogP contribution is 2.26. The van der Waals surface area contributed by atoms with Gasteiger partial charge in [-0.1, -0.05) is 30.3 Å². The Balaban J connectivity index is 2.30. The van der Waals surface area contributed by atoms with E-state index in [1.165, 1.54) is 24.3 Å². The van der Waals surface area contributed by atoms with Gasteiger partial charge < -0.3 is 9.84 Å². The van der Waals surface area contributed by atoms with Crippen molar-refractivity contribution in [2.24, 2.45) is 0 Å². The second-order valence-electron chi connectivity index (χ2n) is 4.46. The molecule has 0 aromatic heterocycles. The van der Waals surface area contributed by atoms with Crippen LogP contribution in [-0.4, -0.2) is 18.2 Å². The Morgan fingerprint density at radius 2 is 1.85 bits per heavy atom. The molecule has 4 heteroatoms. The third-order valence-corrected chi connectivity index (χ3v) is 3.19. The van der Waals surface area contributed by atoms with Crippen molar-refractivity contribution in [1.82, 2.24) is 0 Å². The van der Waals surface area contributed by atoms with Crippen molar-refractivity contribution in [3.63, 3.8) is 0 Å². The van der Waals surface area contributed by atoms with Crippen LogP contribution in [0.1, 0.15) is 17.0 Å². The summed E-state index contributed by atoms with van der Waals surface area (Å²) in [6.45, 7) is 0. The minimum Gasteiger partial charge on any atom is -0.496 e. The number of hydrogen-bond acceptors (Lipinski definition) is 2. The smallest absolute Gasteiger partial charge is 0.311 e. The van der Waals surface area contributed by atoms with Crippen LogP contribution < -0.4 is 4.74 Å². The standard InChI is InChI=1S/C16H15FO3/c1-20-15-5-3-2-4-12(15)10-14(16(18)19)11-6-8-13(17)9-7-11/h2-9,14H,10H2,1H3,(H,18,19). The van der Waals surface area contributed by atoms with Gasteiger partial charge in [0.25, 0.3) is 0 Å². The summed E-state index contributed by atoms with van der Waals surface area (Å²) in [5, 5.41) is 9.39. The second kappa shape index (κ2) is 6.19. The molecule has 3 nitrogen and oxygen atoms in total. The van der Waals surface area contributed by atoms with Gasteiger partial charge in [0.2, 0.25) is 0 Å². The van der Waals surface area contributed by atoms with Crippen molar-refractivity contribution in [3.05, 3.63) is 65.5 Å². The number of hydrogen-bond donors (Lipinski definition) is 1. The molecule has 2 aromatic carbocycles. The molecule has 1 atom stereocenters. The van der Waals surface area contributed by atoms with Crippen LogP contribution in [0.2, 0.25) is 0 Å². The van der Waals surface area contributed by atoms with E-state index >= 15 is 0 Å². The first kappa shape index (κ1) is 14.1. The Kier molecular flexibility index (Phi) is 4.35. The maximum absolute atomic E-state index is 12.9. The monoisotopic (exact) mass is 274 g/mol. The van der Waals surface area contributed by atoms with Crippen molar-refractivity contribution >= 4 is 5.97 Å². The van der Waals surface area contributed by atoms with E-state index in [9.17, 15) is 14.3 Å². The largest absolute Gasteiger partial charge is 0.496 e. The molecule has 0 saturated carbocycles. The first-order valence-electron chi connectivity index (χ1n) is 6.22. The SMILES string of the molecule is COc1ccccc1CC(C(=O)O)c1ccc(F)cc1. The van der Waals surface area contributed by atoms with E-state index in [0.717, 1.165) is 5.56 Å². The van der Waals surface area contributed by atoms with Gasteiger partial charge in [-0.2, -0.15) is 0 Å². The normalized spacial score (nSPS) is 11.9. The maximum atomic E-state index is 12.9. The number of ether oxygens (including phenoxy) is 1. The molecule has 2 rings (SSSR count). The van der Waals surface area contributed by atoms with Gasteiger partial charge in [-0.15, -0.1) is 0 Å². The minimum absolute atomic E-state index is 0.297. The van der Waals surface area contributed by atoms with Gasteiger partial charge in [0, 0.05) is 0 Å². The van der Waals surface area contributed by atoms with Crippen molar-refractivity contribution in [2.45, 2.75) is 12.3 Å². The predicted molar refractivity (Wildman–Crippen MR) is 73.5 cm³/mol. The molecule has 1 N–H and O–H groups in total. The lowest BCUT2D eigenvalue weighted by Gasteiger charge is -2.15. The molecule has 0 aliphatic carbocycles. The van der Waals surface area contributed by atoms with Crippen LogP contribution in [0.4, 0.5) is 4.39 Å². The fraction of sp³-hybridized carbons (Fsp3) is 0.188. The molecular formula is C16H15FO3. The number of carboxylic acids is 1. The highest BCUT2D eigenvalue weighted by molar-refractivity contribution is 5.76. The summed E-state index contributed by atoms with van der Waals surface area (Å²) in [6.07, 6.45) is 0.297. The van der Waals surface area contributed by atoms with E-state index in [0.29, 0.717) is 17.7 Å². The molecule has 0 aliphatic rings. The van der Waals surface area contributed by atoms with Gasteiger partial charge in [-0.25, -0.2) is 4.39 Å². The third kappa shape index (κ3) is 3.15. The number of carbonyl (C=O) groups is 1. The summed E-state index contributed by atoms with van der Waals surface area (Å²) in [7, 11) is 1.55. The van der Waals surface area contributed by atoms with E-state index in [1.54, 1.807) is 13.2 Å². The lowest BCUT2D eigenvalue weighted by atomic mass is 9.91. The molecule has 104 valence electrons. The van der Waals surface area contributed by atoms with Crippen LogP contribution in [0.15, 0.2) is 48.5 Å². The van der Waals surface area contributed by atoms with E-state index in [1.807, 2.05) is 18.2 Å². The molecule has 20 heavy (non-hydrogen) atoms. The van der Waals surface area contributed by atoms with Crippen molar-refractivity contribution in [1.29, 1.82) is 0 Å². The molecule has 0 radical (unpaired) electrons. The molecular weight excluding hydrogens is 259 g/mol. The van der Waals surface area contributed by atoms with E-state index < -0.39 is 11.9 Å². The average Bonchev–Trinajstić information content (AvgIpc) is 2.46. The zero-order chi connectivity index (χ0) is 14.5. The second-order valence-corrected chi connectivity index (χ2v) is 4.46. The highest BCUT2D eigenvalue weighted by Gasteiger charge is 2.21. The number of rotatable bonds is 5. The number of aliphatic carboxylic acids is 1. The van der Waals surface area contributed by atoms with Crippen LogP contribution >= 0.6 is 0 Å². The summed E-state index contributed by atoms with van der Waals surface area (Å²) >= 11 is 0. The maximum Gasteiger partial charge on any atom is 0.311 e. The first-order chi connectivity index (χ1) is 9.61. The molecule has 0 heterocycles. The molecule has 2 aromatic rings. The molecule has 1 unspecified atom stereocenters. The zero-order valence-electron chi connectivity index (χ0n) is 11.0. The van der Waals surface area contributed by atoms with Gasteiger partial charge in [0.05, 0.1) is 13.0 Å². The lowest BCUT2D eigenvalue weighted by Crippen LogP contribution is -2.15. The van der Waals surface area contributed by atoms with Gasteiger partial charge in [0.1, 0.15) is 11.6 Å². The fourth-order valence-electron chi connectivity index (χ4n) is 2.13. The van der Waals surface area contributed by atoms with E-state index in [2.05, 4.69) is 0 Å². The topological polar surface area (TPSA) is 46.5 Å². The van der Waals surface area contributed by atoms with Crippen LogP contribution in [0.25, 0.3) is 0 Å². The molecule has 0 aliphatic heterocycles. The average molecular weight is 274 g/mol. The van der Waals surface area contributed by atoms with Crippen LogP contribution in [0, 0.1) is 5.82 Å². The Morgan fingerprint density at radius 3 is 2.45 bits per heavy atom. The number of carboxylic acid groups (broad SMARTS) is 1. The van der Waals surface area contributed by atoms with E-state index in [4.69, 9.17) is 4.74 Å². The summed E-state index contributed by atoms with van der Waals surface area (Å²) in [5.74, 6) is -1.40. The van der Waals surface area contributed by atoms with Gasteiger partial charge in [-0.05, 0) is 35.7 Å². The minimum atomic E-state index is -0.942. The lowest BCUT2D eigenvalue weighted by molar-refractivity contribution is -0.138. The Bertz CT molecular complexity index is 593. The summed E-state index contributed by atoms with van der Waals surface area (Å²) in [6, 6.07) is 12.8. The van der Waals surface area contributed by atoms with Crippen molar-refractivity contribution < 1.29 is 19.0 Å². The summed E-state index contributed by atoms with van der Waals surface area (Å²) in [5.41, 5.74) is 1.39. The van der Waals surface area contributed by atoms with Crippen LogP contribution in [0.5, 0.6) is 5.75 Å². The molecule has 0 saturated heterocycles. The quantitative estimate of drug-likeness (QED) is 0.910. The van der Waals surface area contributed by atoms with Crippen molar-refractivity contribution in [3.8, 4) is 5.75 Å². The van der Waals surface area contributed by atoms with Crippen molar-refractivity contribution in [2.75, 3.05) is 7.11 Å². The molecule has 0 bridgehead atoms. The molecule has 0 amide bonds. The number of halogens is 1. The summed E-state index contributed by atoms with van der Waals surface area (Å²) in [4.78, 5) is 11.5. The number of para-hydroxylation sites is 1. The third-order valence-electron chi connectivity index (χ3n) is 3.19. The Labute approximate surface area is 116 Å². The van der Waals surface area contributed by atoms with Gasteiger partial charge in [-0.3, -0.25) is 4.79 Å². The number of benzene rings is 2. The van der Waals surface area contributed by atoms with E-state index in [-0.39, 0.29) is 5.82 Å². The molecule has 0 spiro atoms. The number of methoxy groups -OCH3 is 1. The predicted octanol–water partition coefficient (Wildman–Crippen LogP) is 3.25. The van der Waals surface area contributed by atoms with Gasteiger partial charge in [0.15, 0.2) is 0 Å². The Morgan fingerprint density at radius 1 is 1.20 bits per heavy atom. The summed E-state index contributed by atoms with van der Waals surface area (Å²) < 4.78 is 18.2. The van der Waals surface area contributed by atoms with Crippen LogP contribution in [0.3, 0.4) is 0 Å². The molecule has 0 fully saturated rings. The zero-order valence-corrected chi connectivity index (χ0v) is 11.0.